The second-order valence-electron chi connectivity index (χ2n) is 3.13. The summed E-state index contributed by atoms with van der Waals surface area (Å²) in [7, 11) is 0. The molecule has 0 aliphatic heterocycles. The van der Waals surface area contributed by atoms with Crippen LogP contribution in [0.4, 0.5) is 15.9 Å². The Morgan fingerprint density at radius 2 is 2.24 bits per heavy atom. The van der Waals surface area contributed by atoms with Gasteiger partial charge in [-0.05, 0) is 12.1 Å². The number of aromatic nitrogens is 1. The number of nitrogens with zero attached hydrogens (tertiary/aromatic N) is 2. The fourth-order valence-corrected chi connectivity index (χ4v) is 1.48. The maximum Gasteiger partial charge on any atom is 0.283 e. The summed E-state index contributed by atoms with van der Waals surface area (Å²) < 4.78 is 17.7. The summed E-state index contributed by atoms with van der Waals surface area (Å²) in [6.07, 6.45) is 0. The molecule has 0 radical (unpaired) electrons. The minimum atomic E-state index is -0.743. The Bertz CT molecular complexity index is 599. The lowest BCUT2D eigenvalue weighted by Gasteiger charge is -1.99. The van der Waals surface area contributed by atoms with Crippen LogP contribution in [0.2, 0.25) is 5.02 Å². The van der Waals surface area contributed by atoms with Crippen LogP contribution in [0.5, 0.6) is 0 Å². The van der Waals surface area contributed by atoms with E-state index < -0.39 is 16.4 Å². The lowest BCUT2D eigenvalue weighted by molar-refractivity contribution is -0.384. The van der Waals surface area contributed by atoms with E-state index in [1.165, 1.54) is 6.07 Å². The molecule has 1 aromatic carbocycles. The van der Waals surface area contributed by atoms with Crippen LogP contribution in [0.15, 0.2) is 22.7 Å². The van der Waals surface area contributed by atoms with E-state index >= 15 is 0 Å². The average molecular weight is 258 g/mol. The summed E-state index contributed by atoms with van der Waals surface area (Å²) in [6, 6.07) is 3.00. The molecule has 0 bridgehead atoms. The van der Waals surface area contributed by atoms with Gasteiger partial charge in [-0.2, -0.15) is 0 Å². The number of anilines is 1. The van der Waals surface area contributed by atoms with Crippen molar-refractivity contribution in [1.82, 2.24) is 5.16 Å². The maximum absolute atomic E-state index is 12.9. The molecule has 17 heavy (non-hydrogen) atoms. The highest BCUT2D eigenvalue weighted by molar-refractivity contribution is 6.35. The van der Waals surface area contributed by atoms with Crippen LogP contribution in [0.25, 0.3) is 11.3 Å². The van der Waals surface area contributed by atoms with Crippen LogP contribution in [0.3, 0.4) is 0 Å². The number of benzene rings is 1. The monoisotopic (exact) mass is 257 g/mol. The van der Waals surface area contributed by atoms with E-state index in [0.717, 1.165) is 12.1 Å². The number of nitrogen functional groups attached to an aromatic ring is 1. The van der Waals surface area contributed by atoms with Crippen LogP contribution >= 0.6 is 11.6 Å². The van der Waals surface area contributed by atoms with E-state index in [2.05, 4.69) is 5.16 Å². The third kappa shape index (κ3) is 1.92. The van der Waals surface area contributed by atoms with Crippen LogP contribution in [-0.4, -0.2) is 10.1 Å². The third-order valence-corrected chi connectivity index (χ3v) is 2.43. The fraction of sp³-hybridized carbons (Fsp3) is 0. The van der Waals surface area contributed by atoms with Gasteiger partial charge in [0, 0.05) is 0 Å². The average Bonchev–Trinajstić information content (AvgIpc) is 2.60. The van der Waals surface area contributed by atoms with Gasteiger partial charge < -0.3 is 10.3 Å². The van der Waals surface area contributed by atoms with Crippen LogP contribution in [-0.2, 0) is 0 Å². The lowest BCUT2D eigenvalue weighted by Crippen LogP contribution is -1.93. The van der Waals surface area contributed by atoms with Gasteiger partial charge in [0.25, 0.3) is 5.69 Å². The van der Waals surface area contributed by atoms with E-state index in [4.69, 9.17) is 21.9 Å². The van der Waals surface area contributed by atoms with E-state index in [0.29, 0.717) is 0 Å². The third-order valence-electron chi connectivity index (χ3n) is 2.06. The minimum Gasteiger partial charge on any atom is -0.380 e. The number of nitro benzene ring substituents is 1. The van der Waals surface area contributed by atoms with Crippen molar-refractivity contribution < 1.29 is 13.8 Å². The predicted molar refractivity (Wildman–Crippen MR) is 58.0 cm³/mol. The molecule has 0 fully saturated rings. The first kappa shape index (κ1) is 11.3. The van der Waals surface area contributed by atoms with E-state index in [1.54, 1.807) is 0 Å². The Kier molecular flexibility index (Phi) is 2.68. The zero-order valence-corrected chi connectivity index (χ0v) is 8.94. The number of hydrogen-bond donors (Lipinski definition) is 1. The zero-order valence-electron chi connectivity index (χ0n) is 8.18. The molecule has 2 N–H and O–H groups in total. The zero-order chi connectivity index (χ0) is 12.6. The van der Waals surface area contributed by atoms with Gasteiger partial charge in [0.15, 0.2) is 11.6 Å². The fourth-order valence-electron chi connectivity index (χ4n) is 1.31. The highest BCUT2D eigenvalue weighted by Crippen LogP contribution is 2.37. The predicted octanol–water partition coefficient (Wildman–Crippen LogP) is 2.62. The molecule has 0 spiro atoms. The van der Waals surface area contributed by atoms with Crippen molar-refractivity contribution in [1.29, 1.82) is 0 Å². The van der Waals surface area contributed by atoms with Gasteiger partial charge in [0.1, 0.15) is 10.8 Å². The number of rotatable bonds is 2. The highest BCUT2D eigenvalue weighted by atomic mass is 35.5. The second kappa shape index (κ2) is 4.02. The Hall–Kier alpha value is -2.15. The van der Waals surface area contributed by atoms with Gasteiger partial charge in [-0.3, -0.25) is 10.1 Å². The van der Waals surface area contributed by atoms with Gasteiger partial charge in [0.2, 0.25) is 0 Å². The number of hydrogen-bond acceptors (Lipinski definition) is 5. The minimum absolute atomic E-state index is 0.0191. The van der Waals surface area contributed by atoms with Crippen molar-refractivity contribution >= 4 is 23.1 Å². The van der Waals surface area contributed by atoms with Crippen molar-refractivity contribution in [2.75, 3.05) is 5.73 Å². The van der Waals surface area contributed by atoms with Crippen LogP contribution in [0, 0.1) is 15.9 Å². The molecule has 0 atom stereocenters. The van der Waals surface area contributed by atoms with Gasteiger partial charge in [-0.1, -0.05) is 16.8 Å². The normalized spacial score (nSPS) is 10.5. The first-order valence-electron chi connectivity index (χ1n) is 4.35. The van der Waals surface area contributed by atoms with Crippen molar-refractivity contribution in [2.24, 2.45) is 0 Å². The summed E-state index contributed by atoms with van der Waals surface area (Å²) in [5.41, 5.74) is 4.90. The van der Waals surface area contributed by atoms with Crippen molar-refractivity contribution in [2.45, 2.75) is 0 Å². The Labute approximate surface area is 98.9 Å². The SMILES string of the molecule is Nc1noc(-c2ccc(F)cc2[N+](=O)[O-])c1Cl. The van der Waals surface area contributed by atoms with Crippen molar-refractivity contribution in [3.63, 3.8) is 0 Å². The highest BCUT2D eigenvalue weighted by Gasteiger charge is 2.23. The van der Waals surface area contributed by atoms with E-state index in [-0.39, 0.29) is 22.2 Å². The molecule has 0 saturated heterocycles. The Morgan fingerprint density at radius 1 is 1.53 bits per heavy atom. The molecule has 0 amide bonds. The molecule has 0 saturated carbocycles. The van der Waals surface area contributed by atoms with Gasteiger partial charge >= 0.3 is 0 Å². The summed E-state index contributed by atoms with van der Waals surface area (Å²) >= 11 is 5.76. The first-order valence-corrected chi connectivity index (χ1v) is 4.73. The first-order chi connectivity index (χ1) is 8.00. The maximum atomic E-state index is 12.9. The quantitative estimate of drug-likeness (QED) is 0.659. The number of nitrogens with two attached hydrogens (primary N) is 1. The van der Waals surface area contributed by atoms with Crippen LogP contribution in [0.1, 0.15) is 0 Å². The van der Waals surface area contributed by atoms with Gasteiger partial charge in [0.05, 0.1) is 16.6 Å². The Balaban J connectivity index is 2.67. The summed E-state index contributed by atoms with van der Waals surface area (Å²) in [6.45, 7) is 0. The molecule has 0 aliphatic rings. The molecule has 6 nitrogen and oxygen atoms in total. The van der Waals surface area contributed by atoms with Crippen LogP contribution < -0.4 is 5.73 Å². The number of halogens is 2. The topological polar surface area (TPSA) is 95.2 Å². The lowest BCUT2D eigenvalue weighted by atomic mass is 10.1. The van der Waals surface area contributed by atoms with Gasteiger partial charge in [-0.25, -0.2) is 4.39 Å². The smallest absolute Gasteiger partial charge is 0.283 e. The molecule has 0 aliphatic carbocycles. The molecule has 2 aromatic rings. The van der Waals surface area contributed by atoms with E-state index in [1.807, 2.05) is 0 Å². The molecule has 0 unspecified atom stereocenters. The largest absolute Gasteiger partial charge is 0.380 e. The number of nitro groups is 1. The molecule has 1 heterocycles. The molecule has 2 rings (SSSR count). The summed E-state index contributed by atoms with van der Waals surface area (Å²) in [4.78, 5) is 10.0. The van der Waals surface area contributed by atoms with E-state index in [9.17, 15) is 14.5 Å². The van der Waals surface area contributed by atoms with Crippen molar-refractivity contribution in [3.05, 3.63) is 39.2 Å². The van der Waals surface area contributed by atoms with Crippen molar-refractivity contribution in [3.8, 4) is 11.3 Å². The second-order valence-corrected chi connectivity index (χ2v) is 3.51. The molecule has 88 valence electrons. The summed E-state index contributed by atoms with van der Waals surface area (Å²) in [5.74, 6) is -0.875. The molecule has 8 heteroatoms. The van der Waals surface area contributed by atoms with Gasteiger partial charge in [-0.15, -0.1) is 0 Å². The standard InChI is InChI=1S/C9H5ClFN3O3/c10-7-8(17-13-9(7)12)5-2-1-4(11)3-6(5)14(15)16/h1-3H,(H2,12,13). The molecule has 1 aromatic heterocycles. The summed E-state index contributed by atoms with van der Waals surface area (Å²) in [5, 5.41) is 14.1. The molecular formula is C9H5ClFN3O3. The Morgan fingerprint density at radius 3 is 2.76 bits per heavy atom. The molecular weight excluding hydrogens is 253 g/mol.